The molecule has 0 aromatic rings. The maximum absolute atomic E-state index is 10.00. The van der Waals surface area contributed by atoms with E-state index in [2.05, 4.69) is 6.92 Å². The topological polar surface area (TPSA) is 99.4 Å². The average molecular weight is 348 g/mol. The summed E-state index contributed by atoms with van der Waals surface area (Å²) < 4.78 is 10.8. The maximum Gasteiger partial charge on any atom is 0.221 e. The number of aliphatic hydroxyl groups is 4. The highest BCUT2D eigenvalue weighted by Gasteiger charge is 2.50. The Morgan fingerprint density at radius 1 is 0.917 bits per heavy atom. The summed E-state index contributed by atoms with van der Waals surface area (Å²) in [6.07, 6.45) is 8.08. The lowest BCUT2D eigenvalue weighted by molar-refractivity contribution is -0.348. The van der Waals surface area contributed by atoms with E-state index in [4.69, 9.17) is 9.47 Å². The highest BCUT2D eigenvalue weighted by Crippen LogP contribution is 2.27. The van der Waals surface area contributed by atoms with Crippen molar-refractivity contribution in [2.75, 3.05) is 19.8 Å². The summed E-state index contributed by atoms with van der Waals surface area (Å²) in [6.45, 7) is 1.84. The van der Waals surface area contributed by atoms with Gasteiger partial charge in [0, 0.05) is 0 Å². The van der Waals surface area contributed by atoms with Crippen LogP contribution in [0, 0.1) is 0 Å². The zero-order chi connectivity index (χ0) is 17.8. The van der Waals surface area contributed by atoms with Crippen molar-refractivity contribution in [1.29, 1.82) is 0 Å². The standard InChI is InChI=1S/C18H36O6/c1-2-3-4-5-6-7-8-9-10-11-12-23-18(14-19)17(22)16(21)15(20)13-24-18/h15-17,19-22H,2-14H2,1H3/t15-,16-,17+,18-/m1/s1. The van der Waals surface area contributed by atoms with Crippen LogP contribution in [0.5, 0.6) is 0 Å². The van der Waals surface area contributed by atoms with Crippen molar-refractivity contribution in [3.63, 3.8) is 0 Å². The third-order valence-corrected chi connectivity index (χ3v) is 4.73. The first-order valence-electron chi connectivity index (χ1n) is 9.50. The van der Waals surface area contributed by atoms with E-state index in [1.54, 1.807) is 0 Å². The number of ether oxygens (including phenoxy) is 2. The Morgan fingerprint density at radius 2 is 1.46 bits per heavy atom. The fraction of sp³-hybridized carbons (Fsp3) is 1.00. The molecule has 1 heterocycles. The van der Waals surface area contributed by atoms with E-state index in [0.29, 0.717) is 6.61 Å². The summed E-state index contributed by atoms with van der Waals surface area (Å²) in [6, 6.07) is 0. The van der Waals surface area contributed by atoms with Crippen molar-refractivity contribution in [3.8, 4) is 0 Å². The molecule has 0 aromatic carbocycles. The van der Waals surface area contributed by atoms with E-state index in [1.165, 1.54) is 44.9 Å². The van der Waals surface area contributed by atoms with Gasteiger partial charge in [0.15, 0.2) is 0 Å². The first-order valence-corrected chi connectivity index (χ1v) is 9.50. The molecular weight excluding hydrogens is 312 g/mol. The Bertz CT molecular complexity index is 314. The van der Waals surface area contributed by atoms with Gasteiger partial charge in [0.1, 0.15) is 24.9 Å². The largest absolute Gasteiger partial charge is 0.391 e. The molecule has 0 aliphatic carbocycles. The number of hydrogen-bond acceptors (Lipinski definition) is 6. The number of hydrogen-bond donors (Lipinski definition) is 4. The van der Waals surface area contributed by atoms with Crippen LogP contribution in [0.25, 0.3) is 0 Å². The van der Waals surface area contributed by atoms with Crippen LogP contribution < -0.4 is 0 Å². The minimum Gasteiger partial charge on any atom is -0.391 e. The molecule has 6 heteroatoms. The zero-order valence-corrected chi connectivity index (χ0v) is 15.0. The van der Waals surface area contributed by atoms with Gasteiger partial charge in [-0.1, -0.05) is 64.7 Å². The predicted molar refractivity (Wildman–Crippen MR) is 91.6 cm³/mol. The van der Waals surface area contributed by atoms with Crippen molar-refractivity contribution in [2.24, 2.45) is 0 Å². The summed E-state index contributed by atoms with van der Waals surface area (Å²) in [4.78, 5) is 0. The third-order valence-electron chi connectivity index (χ3n) is 4.73. The molecule has 1 fully saturated rings. The SMILES string of the molecule is CCCCCCCCCCCCO[C@]1(CO)OC[C@@H](O)[C@@H](O)[C@@H]1O. The summed E-state index contributed by atoms with van der Waals surface area (Å²) in [5, 5.41) is 38.7. The molecule has 0 radical (unpaired) electrons. The van der Waals surface area contributed by atoms with E-state index in [0.717, 1.165) is 19.3 Å². The molecule has 1 rings (SSSR count). The second-order valence-corrected chi connectivity index (χ2v) is 6.81. The van der Waals surface area contributed by atoms with Crippen LogP contribution in [0.3, 0.4) is 0 Å². The number of unbranched alkanes of at least 4 members (excludes halogenated alkanes) is 9. The molecule has 144 valence electrons. The van der Waals surface area contributed by atoms with Gasteiger partial charge in [-0.2, -0.15) is 0 Å². The molecule has 0 aromatic heterocycles. The number of rotatable bonds is 13. The second-order valence-electron chi connectivity index (χ2n) is 6.81. The molecule has 0 unspecified atom stereocenters. The molecule has 1 saturated heterocycles. The van der Waals surface area contributed by atoms with Crippen LogP contribution in [0.2, 0.25) is 0 Å². The molecule has 0 bridgehead atoms. The van der Waals surface area contributed by atoms with Gasteiger partial charge >= 0.3 is 0 Å². The van der Waals surface area contributed by atoms with Gasteiger partial charge < -0.3 is 29.9 Å². The van der Waals surface area contributed by atoms with E-state index in [9.17, 15) is 20.4 Å². The van der Waals surface area contributed by atoms with E-state index in [1.807, 2.05) is 0 Å². The molecule has 1 aliphatic heterocycles. The monoisotopic (exact) mass is 348 g/mol. The van der Waals surface area contributed by atoms with Gasteiger partial charge in [0.2, 0.25) is 5.79 Å². The van der Waals surface area contributed by atoms with Crippen LogP contribution in [-0.4, -0.2) is 64.3 Å². The van der Waals surface area contributed by atoms with Crippen LogP contribution in [0.1, 0.15) is 71.1 Å². The Morgan fingerprint density at radius 3 is 2.00 bits per heavy atom. The van der Waals surface area contributed by atoms with E-state index < -0.39 is 30.7 Å². The van der Waals surface area contributed by atoms with Crippen LogP contribution in [0.4, 0.5) is 0 Å². The summed E-state index contributed by atoms with van der Waals surface area (Å²) in [5.41, 5.74) is 0. The van der Waals surface area contributed by atoms with Crippen LogP contribution in [0.15, 0.2) is 0 Å². The molecule has 0 saturated carbocycles. The van der Waals surface area contributed by atoms with Crippen molar-refractivity contribution in [2.45, 2.75) is 95.2 Å². The lowest BCUT2D eigenvalue weighted by Gasteiger charge is -2.43. The predicted octanol–water partition coefficient (Wildman–Crippen LogP) is 1.73. The van der Waals surface area contributed by atoms with Gasteiger partial charge in [-0.05, 0) is 6.42 Å². The molecule has 0 spiro atoms. The van der Waals surface area contributed by atoms with Gasteiger partial charge in [-0.15, -0.1) is 0 Å². The molecule has 6 nitrogen and oxygen atoms in total. The summed E-state index contributed by atoms with van der Waals surface area (Å²) in [7, 11) is 0. The number of aliphatic hydroxyl groups excluding tert-OH is 4. The summed E-state index contributed by atoms with van der Waals surface area (Å²) >= 11 is 0. The molecular formula is C18H36O6. The van der Waals surface area contributed by atoms with E-state index in [-0.39, 0.29) is 6.61 Å². The van der Waals surface area contributed by atoms with Crippen LogP contribution >= 0.6 is 0 Å². The van der Waals surface area contributed by atoms with Crippen molar-refractivity contribution < 1.29 is 29.9 Å². The molecule has 1 aliphatic rings. The Labute approximate surface area is 145 Å². The van der Waals surface area contributed by atoms with Crippen molar-refractivity contribution >= 4 is 0 Å². The minimum absolute atomic E-state index is 0.170. The molecule has 4 atom stereocenters. The summed E-state index contributed by atoms with van der Waals surface area (Å²) in [5.74, 6) is -1.63. The van der Waals surface area contributed by atoms with Crippen molar-refractivity contribution in [3.05, 3.63) is 0 Å². The maximum atomic E-state index is 10.00. The Balaban J connectivity index is 2.09. The Hall–Kier alpha value is -0.240. The second kappa shape index (κ2) is 12.2. The molecule has 24 heavy (non-hydrogen) atoms. The zero-order valence-electron chi connectivity index (χ0n) is 15.0. The first-order chi connectivity index (χ1) is 11.6. The molecule has 4 N–H and O–H groups in total. The lowest BCUT2D eigenvalue weighted by Crippen LogP contribution is -2.63. The first kappa shape index (κ1) is 21.8. The highest BCUT2D eigenvalue weighted by molar-refractivity contribution is 4.92. The normalized spacial score (nSPS) is 30.6. The van der Waals surface area contributed by atoms with Crippen molar-refractivity contribution in [1.82, 2.24) is 0 Å². The van der Waals surface area contributed by atoms with Gasteiger partial charge in [0.25, 0.3) is 0 Å². The highest BCUT2D eigenvalue weighted by atomic mass is 16.7. The third kappa shape index (κ3) is 6.94. The molecule has 0 amide bonds. The van der Waals surface area contributed by atoms with Gasteiger partial charge in [-0.25, -0.2) is 0 Å². The minimum atomic E-state index is -1.63. The van der Waals surface area contributed by atoms with Crippen LogP contribution in [-0.2, 0) is 9.47 Å². The van der Waals surface area contributed by atoms with E-state index >= 15 is 0 Å². The van der Waals surface area contributed by atoms with Gasteiger partial charge in [0.05, 0.1) is 13.2 Å². The fourth-order valence-corrected chi connectivity index (χ4v) is 3.03. The average Bonchev–Trinajstić information content (AvgIpc) is 2.60. The Kier molecular flexibility index (Phi) is 11.1. The quantitative estimate of drug-likeness (QED) is 0.378. The lowest BCUT2D eigenvalue weighted by atomic mass is 9.97. The smallest absolute Gasteiger partial charge is 0.221 e. The van der Waals surface area contributed by atoms with Gasteiger partial charge in [-0.3, -0.25) is 0 Å². The fourth-order valence-electron chi connectivity index (χ4n) is 3.03.